The van der Waals surface area contributed by atoms with Gasteiger partial charge in [0.2, 0.25) is 5.91 Å². The van der Waals surface area contributed by atoms with Gasteiger partial charge in [0.1, 0.15) is 0 Å². The first-order valence-electron chi connectivity index (χ1n) is 4.91. The number of aryl methyl sites for hydroxylation is 1. The highest BCUT2D eigenvalue weighted by Crippen LogP contribution is 2.27. The van der Waals surface area contributed by atoms with Crippen LogP contribution in [-0.4, -0.2) is 11.2 Å². The Balaban J connectivity index is 2.75. The van der Waals surface area contributed by atoms with Gasteiger partial charge < -0.3 is 0 Å². The van der Waals surface area contributed by atoms with Gasteiger partial charge >= 0.3 is 0 Å². The number of benzene rings is 1. The van der Waals surface area contributed by atoms with Crippen molar-refractivity contribution >= 4 is 17.7 Å². The smallest absolute Gasteiger partial charge is 0.247 e. The lowest BCUT2D eigenvalue weighted by molar-refractivity contribution is -0.120. The predicted molar refractivity (Wildman–Crippen MR) is 63.4 cm³/mol. The standard InChI is InChI=1S/C11H16N2OS/c1-3-9(11(14)13-12)15-10-7-5-4-6-8(10)2/h4-7,9H,3,12H2,1-2H3,(H,13,14). The second kappa shape index (κ2) is 5.78. The molecule has 0 aromatic heterocycles. The van der Waals surface area contributed by atoms with Gasteiger partial charge in [-0.25, -0.2) is 5.84 Å². The molecule has 0 aliphatic carbocycles. The third-order valence-electron chi connectivity index (χ3n) is 2.17. The molecule has 0 heterocycles. The zero-order valence-corrected chi connectivity index (χ0v) is 9.80. The van der Waals surface area contributed by atoms with E-state index in [1.807, 2.05) is 38.1 Å². The van der Waals surface area contributed by atoms with Crippen LogP contribution in [0.15, 0.2) is 29.2 Å². The van der Waals surface area contributed by atoms with Crippen LogP contribution in [0, 0.1) is 6.92 Å². The fourth-order valence-corrected chi connectivity index (χ4v) is 2.32. The minimum atomic E-state index is -0.120. The summed E-state index contributed by atoms with van der Waals surface area (Å²) >= 11 is 1.56. The monoisotopic (exact) mass is 224 g/mol. The summed E-state index contributed by atoms with van der Waals surface area (Å²) in [5.74, 6) is 5.01. The third kappa shape index (κ3) is 3.25. The summed E-state index contributed by atoms with van der Waals surface area (Å²) in [6, 6.07) is 8.02. The van der Waals surface area contributed by atoms with Crippen LogP contribution in [0.5, 0.6) is 0 Å². The SMILES string of the molecule is CCC(Sc1ccccc1C)C(=O)NN. The molecule has 3 N–H and O–H groups in total. The second-order valence-corrected chi connectivity index (χ2v) is 4.53. The Hall–Kier alpha value is -1.00. The molecular formula is C11H16N2OS. The van der Waals surface area contributed by atoms with E-state index >= 15 is 0 Å². The van der Waals surface area contributed by atoms with Crippen LogP contribution in [-0.2, 0) is 4.79 Å². The average molecular weight is 224 g/mol. The third-order valence-corrected chi connectivity index (χ3v) is 3.71. The van der Waals surface area contributed by atoms with Gasteiger partial charge in [-0.15, -0.1) is 11.8 Å². The molecule has 82 valence electrons. The van der Waals surface area contributed by atoms with E-state index in [0.717, 1.165) is 11.3 Å². The van der Waals surface area contributed by atoms with Gasteiger partial charge in [-0.05, 0) is 25.0 Å². The normalized spacial score (nSPS) is 12.2. The molecule has 0 saturated heterocycles. The molecule has 1 aromatic carbocycles. The minimum absolute atomic E-state index is 0.115. The summed E-state index contributed by atoms with van der Waals surface area (Å²) in [5, 5.41) is -0.115. The lowest BCUT2D eigenvalue weighted by Gasteiger charge is -2.13. The van der Waals surface area contributed by atoms with Crippen molar-refractivity contribution in [1.29, 1.82) is 0 Å². The molecule has 0 aliphatic heterocycles. The molecule has 4 heteroatoms. The van der Waals surface area contributed by atoms with Gasteiger partial charge in [0.25, 0.3) is 0 Å². The molecule has 1 unspecified atom stereocenters. The highest BCUT2D eigenvalue weighted by Gasteiger charge is 2.17. The van der Waals surface area contributed by atoms with Crippen LogP contribution in [0.4, 0.5) is 0 Å². The molecule has 0 radical (unpaired) electrons. The predicted octanol–water partition coefficient (Wildman–Crippen LogP) is 1.86. The fourth-order valence-electron chi connectivity index (χ4n) is 1.26. The fraction of sp³-hybridized carbons (Fsp3) is 0.364. The molecule has 1 amide bonds. The molecule has 0 fully saturated rings. The summed E-state index contributed by atoms with van der Waals surface area (Å²) < 4.78 is 0. The Morgan fingerprint density at radius 1 is 1.53 bits per heavy atom. The Kier molecular flexibility index (Phi) is 4.65. The van der Waals surface area contributed by atoms with Crippen molar-refractivity contribution in [1.82, 2.24) is 5.43 Å². The van der Waals surface area contributed by atoms with Crippen LogP contribution in [0.1, 0.15) is 18.9 Å². The molecule has 3 nitrogen and oxygen atoms in total. The molecule has 0 bridgehead atoms. The summed E-state index contributed by atoms with van der Waals surface area (Å²) in [5.41, 5.74) is 3.38. The van der Waals surface area contributed by atoms with E-state index in [2.05, 4.69) is 5.43 Å². The first kappa shape index (κ1) is 12.1. The van der Waals surface area contributed by atoms with Gasteiger partial charge in [-0.1, -0.05) is 25.1 Å². The number of nitrogens with one attached hydrogen (secondary N) is 1. The molecule has 0 spiro atoms. The lowest BCUT2D eigenvalue weighted by atomic mass is 10.2. The lowest BCUT2D eigenvalue weighted by Crippen LogP contribution is -2.37. The van der Waals surface area contributed by atoms with Crippen molar-refractivity contribution in [3.63, 3.8) is 0 Å². The first-order valence-corrected chi connectivity index (χ1v) is 5.79. The van der Waals surface area contributed by atoms with Crippen molar-refractivity contribution < 1.29 is 4.79 Å². The first-order chi connectivity index (χ1) is 7.19. The highest BCUT2D eigenvalue weighted by molar-refractivity contribution is 8.00. The summed E-state index contributed by atoms with van der Waals surface area (Å²) in [6.07, 6.45) is 0.766. The number of hydrazine groups is 1. The maximum absolute atomic E-state index is 11.4. The van der Waals surface area contributed by atoms with Crippen LogP contribution >= 0.6 is 11.8 Å². The van der Waals surface area contributed by atoms with Gasteiger partial charge in [0.15, 0.2) is 0 Å². The van der Waals surface area contributed by atoms with Crippen LogP contribution in [0.3, 0.4) is 0 Å². The molecular weight excluding hydrogens is 208 g/mol. The average Bonchev–Trinajstić information content (AvgIpc) is 2.27. The number of rotatable bonds is 4. The molecule has 0 aliphatic rings. The zero-order valence-electron chi connectivity index (χ0n) is 8.99. The van der Waals surface area contributed by atoms with E-state index in [0.29, 0.717) is 0 Å². The zero-order chi connectivity index (χ0) is 11.3. The largest absolute Gasteiger partial charge is 0.293 e. The number of hydrogen-bond donors (Lipinski definition) is 2. The van der Waals surface area contributed by atoms with E-state index in [1.165, 1.54) is 5.56 Å². The minimum Gasteiger partial charge on any atom is -0.293 e. The van der Waals surface area contributed by atoms with Crippen LogP contribution in [0.25, 0.3) is 0 Å². The highest BCUT2D eigenvalue weighted by atomic mass is 32.2. The summed E-state index contributed by atoms with van der Waals surface area (Å²) in [4.78, 5) is 12.5. The number of hydrogen-bond acceptors (Lipinski definition) is 3. The van der Waals surface area contributed by atoms with E-state index < -0.39 is 0 Å². The van der Waals surface area contributed by atoms with Gasteiger partial charge in [0.05, 0.1) is 5.25 Å². The molecule has 15 heavy (non-hydrogen) atoms. The maximum Gasteiger partial charge on any atom is 0.247 e. The Morgan fingerprint density at radius 3 is 2.73 bits per heavy atom. The summed E-state index contributed by atoms with van der Waals surface area (Å²) in [7, 11) is 0. The second-order valence-electron chi connectivity index (χ2n) is 3.29. The maximum atomic E-state index is 11.4. The number of amides is 1. The molecule has 0 saturated carbocycles. The van der Waals surface area contributed by atoms with Crippen molar-refractivity contribution in [3.8, 4) is 0 Å². The number of nitrogens with two attached hydrogens (primary N) is 1. The van der Waals surface area contributed by atoms with E-state index in [4.69, 9.17) is 5.84 Å². The number of carbonyl (C=O) groups excluding carboxylic acids is 1. The summed E-state index contributed by atoms with van der Waals surface area (Å²) in [6.45, 7) is 4.01. The van der Waals surface area contributed by atoms with E-state index in [9.17, 15) is 4.79 Å². The topological polar surface area (TPSA) is 55.1 Å². The van der Waals surface area contributed by atoms with E-state index in [1.54, 1.807) is 11.8 Å². The Bertz CT molecular complexity index is 341. The van der Waals surface area contributed by atoms with Crippen LogP contribution < -0.4 is 11.3 Å². The van der Waals surface area contributed by atoms with Crippen molar-refractivity contribution in [2.75, 3.05) is 0 Å². The molecule has 1 atom stereocenters. The van der Waals surface area contributed by atoms with Gasteiger partial charge in [-0.3, -0.25) is 10.2 Å². The van der Waals surface area contributed by atoms with Crippen molar-refractivity contribution in [2.45, 2.75) is 30.4 Å². The van der Waals surface area contributed by atoms with Gasteiger partial charge in [-0.2, -0.15) is 0 Å². The van der Waals surface area contributed by atoms with Crippen LogP contribution in [0.2, 0.25) is 0 Å². The van der Waals surface area contributed by atoms with E-state index in [-0.39, 0.29) is 11.2 Å². The Morgan fingerprint density at radius 2 is 2.20 bits per heavy atom. The molecule has 1 aromatic rings. The van der Waals surface area contributed by atoms with Crippen molar-refractivity contribution in [3.05, 3.63) is 29.8 Å². The molecule has 1 rings (SSSR count). The van der Waals surface area contributed by atoms with Crippen molar-refractivity contribution in [2.24, 2.45) is 5.84 Å². The Labute approximate surface area is 94.4 Å². The quantitative estimate of drug-likeness (QED) is 0.355. The number of thioether (sulfide) groups is 1. The number of carbonyl (C=O) groups is 1. The van der Waals surface area contributed by atoms with Gasteiger partial charge in [0, 0.05) is 4.90 Å².